The average Bonchev–Trinajstić information content (AvgIpc) is 2.76. The van der Waals surface area contributed by atoms with Crippen molar-refractivity contribution in [2.75, 3.05) is 0 Å². The molecule has 0 spiro atoms. The molecule has 2 rings (SSSR count). The van der Waals surface area contributed by atoms with Crippen molar-refractivity contribution in [1.82, 2.24) is 10.1 Å². The molecule has 0 radical (unpaired) electrons. The highest BCUT2D eigenvalue weighted by molar-refractivity contribution is 5.55. The van der Waals surface area contributed by atoms with Crippen LogP contribution < -0.4 is 0 Å². The molecule has 0 bridgehead atoms. The minimum atomic E-state index is -0.320. The van der Waals surface area contributed by atoms with E-state index in [1.54, 1.807) is 6.07 Å². The van der Waals surface area contributed by atoms with E-state index in [0.717, 1.165) is 5.56 Å². The SMILES string of the molecule is Cc1cc(F)cc(-c2noc(CC(C)CC#N)n2)c1. The number of hydrogen-bond acceptors (Lipinski definition) is 4. The van der Waals surface area contributed by atoms with Gasteiger partial charge < -0.3 is 4.52 Å². The Kier molecular flexibility index (Phi) is 3.91. The maximum absolute atomic E-state index is 13.3. The summed E-state index contributed by atoms with van der Waals surface area (Å²) >= 11 is 0. The standard InChI is InChI=1S/C14H14FN3O/c1-9(3-4-16)7-13-17-14(18-19-13)11-5-10(2)6-12(15)8-11/h5-6,8-9H,3,7H2,1-2H3. The second-order valence-electron chi connectivity index (χ2n) is 4.70. The third-order valence-corrected chi connectivity index (χ3v) is 2.73. The molecular weight excluding hydrogens is 245 g/mol. The summed E-state index contributed by atoms with van der Waals surface area (Å²) in [5.41, 5.74) is 1.40. The van der Waals surface area contributed by atoms with Crippen molar-refractivity contribution < 1.29 is 8.91 Å². The van der Waals surface area contributed by atoms with Crippen molar-refractivity contribution in [3.63, 3.8) is 0 Å². The fourth-order valence-electron chi connectivity index (χ4n) is 1.85. The van der Waals surface area contributed by atoms with Gasteiger partial charge in [-0.15, -0.1) is 0 Å². The highest BCUT2D eigenvalue weighted by Crippen LogP contribution is 2.20. The molecule has 98 valence electrons. The van der Waals surface area contributed by atoms with Crippen LogP contribution in [0.3, 0.4) is 0 Å². The third kappa shape index (κ3) is 3.38. The molecule has 0 saturated carbocycles. The molecule has 1 unspecified atom stereocenters. The number of hydrogen-bond donors (Lipinski definition) is 0. The Hall–Kier alpha value is -2.22. The minimum absolute atomic E-state index is 0.160. The van der Waals surface area contributed by atoms with Crippen LogP contribution in [0.2, 0.25) is 0 Å². The molecule has 19 heavy (non-hydrogen) atoms. The van der Waals surface area contributed by atoms with Crippen molar-refractivity contribution in [3.8, 4) is 17.5 Å². The molecule has 0 fully saturated rings. The lowest BCUT2D eigenvalue weighted by Crippen LogP contribution is -1.98. The van der Waals surface area contributed by atoms with Gasteiger partial charge in [-0.2, -0.15) is 10.2 Å². The lowest BCUT2D eigenvalue weighted by atomic mass is 10.1. The molecule has 0 aliphatic carbocycles. The molecule has 1 heterocycles. The number of aryl methyl sites for hydroxylation is 1. The quantitative estimate of drug-likeness (QED) is 0.845. The van der Waals surface area contributed by atoms with E-state index in [-0.39, 0.29) is 11.7 Å². The maximum Gasteiger partial charge on any atom is 0.227 e. The largest absolute Gasteiger partial charge is 0.339 e. The zero-order valence-electron chi connectivity index (χ0n) is 10.9. The van der Waals surface area contributed by atoms with Crippen LogP contribution in [0.4, 0.5) is 4.39 Å². The number of nitrogens with zero attached hydrogens (tertiary/aromatic N) is 3. The van der Waals surface area contributed by atoms with Crippen LogP contribution in [0.5, 0.6) is 0 Å². The van der Waals surface area contributed by atoms with Gasteiger partial charge in [-0.3, -0.25) is 0 Å². The predicted molar refractivity (Wildman–Crippen MR) is 67.5 cm³/mol. The number of rotatable bonds is 4. The van der Waals surface area contributed by atoms with Crippen LogP contribution in [0.15, 0.2) is 22.7 Å². The van der Waals surface area contributed by atoms with E-state index in [2.05, 4.69) is 16.2 Å². The Morgan fingerprint density at radius 2 is 2.21 bits per heavy atom. The van der Waals surface area contributed by atoms with Crippen LogP contribution in [-0.2, 0) is 6.42 Å². The van der Waals surface area contributed by atoms with Crippen LogP contribution >= 0.6 is 0 Å². The summed E-state index contributed by atoms with van der Waals surface area (Å²) in [6, 6.07) is 6.72. The average molecular weight is 259 g/mol. The van der Waals surface area contributed by atoms with E-state index < -0.39 is 0 Å². The van der Waals surface area contributed by atoms with Crippen molar-refractivity contribution in [2.24, 2.45) is 5.92 Å². The molecule has 2 aromatic rings. The van der Waals surface area contributed by atoms with Gasteiger partial charge in [0, 0.05) is 18.4 Å². The van der Waals surface area contributed by atoms with E-state index in [1.165, 1.54) is 12.1 Å². The van der Waals surface area contributed by atoms with E-state index in [0.29, 0.717) is 30.1 Å². The lowest BCUT2D eigenvalue weighted by molar-refractivity contribution is 0.359. The smallest absolute Gasteiger partial charge is 0.227 e. The van der Waals surface area contributed by atoms with Gasteiger partial charge in [-0.1, -0.05) is 12.1 Å². The monoisotopic (exact) mass is 259 g/mol. The van der Waals surface area contributed by atoms with Crippen LogP contribution in [-0.4, -0.2) is 10.1 Å². The highest BCUT2D eigenvalue weighted by Gasteiger charge is 2.12. The Morgan fingerprint density at radius 1 is 1.42 bits per heavy atom. The van der Waals surface area contributed by atoms with Crippen LogP contribution in [0, 0.1) is 30.0 Å². The van der Waals surface area contributed by atoms with Gasteiger partial charge in [-0.25, -0.2) is 4.39 Å². The molecule has 4 nitrogen and oxygen atoms in total. The lowest BCUT2D eigenvalue weighted by Gasteiger charge is -2.00. The maximum atomic E-state index is 13.3. The van der Waals surface area contributed by atoms with Crippen molar-refractivity contribution in [1.29, 1.82) is 5.26 Å². The Balaban J connectivity index is 2.19. The zero-order chi connectivity index (χ0) is 13.8. The van der Waals surface area contributed by atoms with E-state index in [1.807, 2.05) is 13.8 Å². The minimum Gasteiger partial charge on any atom is -0.339 e. The molecule has 5 heteroatoms. The fourth-order valence-corrected chi connectivity index (χ4v) is 1.85. The topological polar surface area (TPSA) is 62.7 Å². The van der Waals surface area contributed by atoms with Crippen molar-refractivity contribution in [2.45, 2.75) is 26.7 Å². The van der Waals surface area contributed by atoms with Gasteiger partial charge in [0.2, 0.25) is 11.7 Å². The number of nitriles is 1. The summed E-state index contributed by atoms with van der Waals surface area (Å²) in [6.45, 7) is 3.75. The Morgan fingerprint density at radius 3 is 2.89 bits per heavy atom. The molecule has 0 aliphatic heterocycles. The number of benzene rings is 1. The Bertz CT molecular complexity index is 595. The summed E-state index contributed by atoms with van der Waals surface area (Å²) < 4.78 is 18.4. The highest BCUT2D eigenvalue weighted by atomic mass is 19.1. The van der Waals surface area contributed by atoms with Gasteiger partial charge in [0.15, 0.2) is 0 Å². The first-order chi connectivity index (χ1) is 9.08. The summed E-state index contributed by atoms with van der Waals surface area (Å²) in [5.74, 6) is 0.688. The first-order valence-electron chi connectivity index (χ1n) is 6.05. The summed E-state index contributed by atoms with van der Waals surface area (Å²) in [4.78, 5) is 4.23. The van der Waals surface area contributed by atoms with Gasteiger partial charge in [0.25, 0.3) is 0 Å². The first-order valence-corrected chi connectivity index (χ1v) is 6.05. The van der Waals surface area contributed by atoms with Gasteiger partial charge >= 0.3 is 0 Å². The molecule has 1 aromatic heterocycles. The summed E-state index contributed by atoms with van der Waals surface area (Å²) in [6.07, 6.45) is 0.992. The molecule has 1 aromatic carbocycles. The van der Waals surface area contributed by atoms with E-state index in [9.17, 15) is 4.39 Å². The van der Waals surface area contributed by atoms with Gasteiger partial charge in [0.05, 0.1) is 6.07 Å². The number of halogens is 1. The first kappa shape index (κ1) is 13.2. The van der Waals surface area contributed by atoms with E-state index in [4.69, 9.17) is 9.78 Å². The van der Waals surface area contributed by atoms with Crippen molar-refractivity contribution >= 4 is 0 Å². The molecule has 0 amide bonds. The molecular formula is C14H14FN3O. The molecule has 0 N–H and O–H groups in total. The Labute approximate surface area is 110 Å². The summed E-state index contributed by atoms with van der Waals surface area (Å²) in [7, 11) is 0. The fraction of sp³-hybridized carbons (Fsp3) is 0.357. The normalized spacial score (nSPS) is 12.1. The van der Waals surface area contributed by atoms with Crippen molar-refractivity contribution in [3.05, 3.63) is 35.5 Å². The predicted octanol–water partition coefficient (Wildman–Crippen LogP) is 3.28. The van der Waals surface area contributed by atoms with Crippen LogP contribution in [0.1, 0.15) is 24.8 Å². The van der Waals surface area contributed by atoms with Gasteiger partial charge in [0.1, 0.15) is 5.82 Å². The third-order valence-electron chi connectivity index (χ3n) is 2.73. The van der Waals surface area contributed by atoms with Gasteiger partial charge in [-0.05, 0) is 36.6 Å². The van der Waals surface area contributed by atoms with E-state index >= 15 is 0 Å². The second kappa shape index (κ2) is 5.61. The zero-order valence-corrected chi connectivity index (χ0v) is 10.9. The molecule has 0 saturated heterocycles. The molecule has 1 atom stereocenters. The number of aromatic nitrogens is 2. The van der Waals surface area contributed by atoms with Crippen LogP contribution in [0.25, 0.3) is 11.4 Å². The summed E-state index contributed by atoms with van der Waals surface area (Å²) in [5, 5.41) is 12.4. The second-order valence-corrected chi connectivity index (χ2v) is 4.70. The molecule has 0 aliphatic rings.